The van der Waals surface area contributed by atoms with Crippen LogP contribution in [0.1, 0.15) is 12.0 Å². The monoisotopic (exact) mass is 339 g/mol. The van der Waals surface area contributed by atoms with Crippen LogP contribution in [0.2, 0.25) is 0 Å². The molecule has 2 aromatic rings. The van der Waals surface area contributed by atoms with Gasteiger partial charge < -0.3 is 5.32 Å². The lowest BCUT2D eigenvalue weighted by Gasteiger charge is -2.06. The van der Waals surface area contributed by atoms with Crippen molar-refractivity contribution in [1.29, 1.82) is 0 Å². The molecule has 5 heteroatoms. The summed E-state index contributed by atoms with van der Waals surface area (Å²) in [5, 5.41) is 2.54. The average molecular weight is 340 g/mol. The maximum atomic E-state index is 13.0. The van der Waals surface area contributed by atoms with Crippen LogP contribution in [0.5, 0.6) is 0 Å². The first kappa shape index (κ1) is 14.7. The van der Waals surface area contributed by atoms with Gasteiger partial charge >= 0.3 is 0 Å². The van der Waals surface area contributed by atoms with E-state index in [1.54, 1.807) is 0 Å². The van der Waals surface area contributed by atoms with Crippen LogP contribution >= 0.6 is 15.9 Å². The molecular weight excluding hydrogens is 328 g/mol. The van der Waals surface area contributed by atoms with Crippen LogP contribution in [0.25, 0.3) is 0 Å². The zero-order valence-electron chi connectivity index (χ0n) is 10.5. The van der Waals surface area contributed by atoms with Crippen molar-refractivity contribution < 1.29 is 13.6 Å². The summed E-state index contributed by atoms with van der Waals surface area (Å²) in [5.74, 6) is -2.15. The lowest BCUT2D eigenvalue weighted by Crippen LogP contribution is -2.12. The molecule has 0 saturated heterocycles. The molecular formula is C15H12BrF2NO. The van der Waals surface area contributed by atoms with E-state index in [1.807, 2.05) is 24.3 Å². The average Bonchev–Trinajstić information content (AvgIpc) is 2.41. The minimum Gasteiger partial charge on any atom is -0.326 e. The first-order chi connectivity index (χ1) is 9.54. The minimum atomic E-state index is -0.977. The van der Waals surface area contributed by atoms with Crippen molar-refractivity contribution in [1.82, 2.24) is 0 Å². The zero-order valence-corrected chi connectivity index (χ0v) is 12.1. The largest absolute Gasteiger partial charge is 0.326 e. The third kappa shape index (κ3) is 4.13. The predicted molar refractivity (Wildman–Crippen MR) is 77.5 cm³/mol. The lowest BCUT2D eigenvalue weighted by molar-refractivity contribution is -0.116. The molecule has 0 aliphatic heterocycles. The Kier molecular flexibility index (Phi) is 4.84. The Hall–Kier alpha value is -1.75. The van der Waals surface area contributed by atoms with Crippen LogP contribution in [-0.4, -0.2) is 5.91 Å². The number of benzene rings is 2. The van der Waals surface area contributed by atoms with Crippen molar-refractivity contribution >= 4 is 27.5 Å². The number of anilines is 1. The van der Waals surface area contributed by atoms with Gasteiger partial charge in [-0.3, -0.25) is 4.79 Å². The number of halogens is 3. The Bertz CT molecular complexity index is 631. The van der Waals surface area contributed by atoms with Crippen molar-refractivity contribution in [3.8, 4) is 0 Å². The second kappa shape index (κ2) is 6.61. The van der Waals surface area contributed by atoms with Gasteiger partial charge in [0.05, 0.1) is 0 Å². The van der Waals surface area contributed by atoms with E-state index in [4.69, 9.17) is 0 Å². The highest BCUT2D eigenvalue weighted by molar-refractivity contribution is 9.10. The maximum Gasteiger partial charge on any atom is 0.224 e. The molecule has 0 saturated carbocycles. The molecule has 2 aromatic carbocycles. The molecule has 104 valence electrons. The summed E-state index contributed by atoms with van der Waals surface area (Å²) in [4.78, 5) is 11.7. The summed E-state index contributed by atoms with van der Waals surface area (Å²) in [6.45, 7) is 0. The topological polar surface area (TPSA) is 29.1 Å². The summed E-state index contributed by atoms with van der Waals surface area (Å²) < 4.78 is 26.7. The molecule has 0 aliphatic rings. The molecule has 1 N–H and O–H groups in total. The van der Waals surface area contributed by atoms with Crippen molar-refractivity contribution in [2.24, 2.45) is 0 Å². The van der Waals surface area contributed by atoms with E-state index in [0.29, 0.717) is 6.42 Å². The molecule has 0 atom stereocenters. The fraction of sp³-hybridized carbons (Fsp3) is 0.133. The van der Waals surface area contributed by atoms with E-state index >= 15 is 0 Å². The third-order valence-electron chi connectivity index (χ3n) is 2.73. The highest BCUT2D eigenvalue weighted by Crippen LogP contribution is 2.15. The second-order valence-corrected chi connectivity index (χ2v) is 5.22. The minimum absolute atomic E-state index is 0.240. The fourth-order valence-electron chi connectivity index (χ4n) is 1.75. The van der Waals surface area contributed by atoms with Crippen LogP contribution in [0.4, 0.5) is 14.5 Å². The van der Waals surface area contributed by atoms with E-state index in [0.717, 1.165) is 22.2 Å². The van der Waals surface area contributed by atoms with Gasteiger partial charge in [-0.15, -0.1) is 0 Å². The number of aryl methyl sites for hydroxylation is 1. The molecule has 1 amide bonds. The van der Waals surface area contributed by atoms with E-state index in [1.165, 1.54) is 6.07 Å². The van der Waals surface area contributed by atoms with Gasteiger partial charge in [0, 0.05) is 22.6 Å². The molecule has 0 bridgehead atoms. The Morgan fingerprint density at radius 1 is 1.10 bits per heavy atom. The standard InChI is InChI=1S/C15H12BrF2NO/c16-11-3-1-2-10(8-11)4-7-15(20)19-12-5-6-13(17)14(18)9-12/h1-3,5-6,8-9H,4,7H2,(H,19,20). The van der Waals surface area contributed by atoms with Gasteiger partial charge in [0.1, 0.15) is 0 Å². The number of hydrogen-bond donors (Lipinski definition) is 1. The van der Waals surface area contributed by atoms with Gasteiger partial charge in [-0.1, -0.05) is 28.1 Å². The summed E-state index contributed by atoms with van der Waals surface area (Å²) in [6, 6.07) is 10.9. The summed E-state index contributed by atoms with van der Waals surface area (Å²) in [6.07, 6.45) is 0.852. The van der Waals surface area contributed by atoms with Crippen LogP contribution in [0, 0.1) is 11.6 Å². The second-order valence-electron chi connectivity index (χ2n) is 4.31. The number of carbonyl (C=O) groups excluding carboxylic acids is 1. The Morgan fingerprint density at radius 2 is 1.90 bits per heavy atom. The SMILES string of the molecule is O=C(CCc1cccc(Br)c1)Nc1ccc(F)c(F)c1. The van der Waals surface area contributed by atoms with Gasteiger partial charge in [0.2, 0.25) is 5.91 Å². The van der Waals surface area contributed by atoms with Crippen molar-refractivity contribution in [2.45, 2.75) is 12.8 Å². The summed E-state index contributed by atoms with van der Waals surface area (Å²) in [7, 11) is 0. The number of amides is 1. The van der Waals surface area contributed by atoms with Gasteiger partial charge in [-0.05, 0) is 36.2 Å². The maximum absolute atomic E-state index is 13.0. The number of nitrogens with one attached hydrogen (secondary N) is 1. The van der Waals surface area contributed by atoms with E-state index < -0.39 is 11.6 Å². The fourth-order valence-corrected chi connectivity index (χ4v) is 2.19. The number of rotatable bonds is 4. The van der Waals surface area contributed by atoms with E-state index in [2.05, 4.69) is 21.2 Å². The van der Waals surface area contributed by atoms with Crippen LogP contribution in [0.3, 0.4) is 0 Å². The normalized spacial score (nSPS) is 10.3. The molecule has 0 fully saturated rings. The summed E-state index contributed by atoms with van der Waals surface area (Å²) in [5.41, 5.74) is 1.28. The molecule has 0 spiro atoms. The Balaban J connectivity index is 1.91. The van der Waals surface area contributed by atoms with Gasteiger partial charge in [0.25, 0.3) is 0 Å². The van der Waals surface area contributed by atoms with Crippen molar-refractivity contribution in [2.75, 3.05) is 5.32 Å². The highest BCUT2D eigenvalue weighted by atomic mass is 79.9. The number of carbonyl (C=O) groups is 1. The molecule has 0 aliphatic carbocycles. The van der Waals surface area contributed by atoms with Crippen LogP contribution < -0.4 is 5.32 Å². The molecule has 0 aromatic heterocycles. The van der Waals surface area contributed by atoms with E-state index in [9.17, 15) is 13.6 Å². The summed E-state index contributed by atoms with van der Waals surface area (Å²) >= 11 is 3.36. The first-order valence-electron chi connectivity index (χ1n) is 6.04. The molecule has 0 radical (unpaired) electrons. The molecule has 0 heterocycles. The molecule has 20 heavy (non-hydrogen) atoms. The molecule has 0 unspecified atom stereocenters. The zero-order chi connectivity index (χ0) is 14.5. The van der Waals surface area contributed by atoms with Crippen LogP contribution in [-0.2, 0) is 11.2 Å². The third-order valence-corrected chi connectivity index (χ3v) is 3.23. The van der Waals surface area contributed by atoms with Crippen molar-refractivity contribution in [3.05, 3.63) is 64.1 Å². The number of hydrogen-bond acceptors (Lipinski definition) is 1. The molecule has 2 rings (SSSR count). The van der Waals surface area contributed by atoms with Crippen molar-refractivity contribution in [3.63, 3.8) is 0 Å². The van der Waals surface area contributed by atoms with Crippen LogP contribution in [0.15, 0.2) is 46.9 Å². The van der Waals surface area contributed by atoms with E-state index in [-0.39, 0.29) is 18.0 Å². The van der Waals surface area contributed by atoms with Gasteiger partial charge in [0.15, 0.2) is 11.6 Å². The molecule has 2 nitrogen and oxygen atoms in total. The highest BCUT2D eigenvalue weighted by Gasteiger charge is 2.06. The Morgan fingerprint density at radius 3 is 2.60 bits per heavy atom. The predicted octanol–water partition coefficient (Wildman–Crippen LogP) is 4.30. The van der Waals surface area contributed by atoms with Gasteiger partial charge in [-0.25, -0.2) is 8.78 Å². The quantitative estimate of drug-likeness (QED) is 0.884. The Labute approximate surface area is 123 Å². The lowest BCUT2D eigenvalue weighted by atomic mass is 10.1. The van der Waals surface area contributed by atoms with Gasteiger partial charge in [-0.2, -0.15) is 0 Å². The first-order valence-corrected chi connectivity index (χ1v) is 6.83. The smallest absolute Gasteiger partial charge is 0.224 e.